The molecule has 0 radical (unpaired) electrons. The van der Waals surface area contributed by atoms with Gasteiger partial charge in [-0.2, -0.15) is 0 Å². The van der Waals surface area contributed by atoms with Crippen LogP contribution in [0.2, 0.25) is 5.02 Å². The minimum absolute atomic E-state index is 0.0775. The van der Waals surface area contributed by atoms with Crippen molar-refractivity contribution >= 4 is 11.6 Å². The summed E-state index contributed by atoms with van der Waals surface area (Å²) in [6.45, 7) is 4.48. The van der Waals surface area contributed by atoms with Crippen molar-refractivity contribution in [3.63, 3.8) is 0 Å². The van der Waals surface area contributed by atoms with E-state index >= 15 is 0 Å². The van der Waals surface area contributed by atoms with Crippen molar-refractivity contribution in [2.24, 2.45) is 0 Å². The van der Waals surface area contributed by atoms with E-state index < -0.39 is 0 Å². The number of hydrogen-bond acceptors (Lipinski definition) is 3. The Hall–Kier alpha value is -1.81. The number of nitrogens with zero attached hydrogens (tertiary/aromatic N) is 2. The average Bonchev–Trinajstić information content (AvgIpc) is 2.43. The quantitative estimate of drug-likeness (QED) is 0.862. The van der Waals surface area contributed by atoms with Gasteiger partial charge in [0.1, 0.15) is 5.75 Å². The molecular weight excluding hydrogens is 264 g/mol. The van der Waals surface area contributed by atoms with Crippen LogP contribution in [0, 0.1) is 0 Å². The summed E-state index contributed by atoms with van der Waals surface area (Å²) in [6.07, 6.45) is 3.99. The van der Waals surface area contributed by atoms with Crippen molar-refractivity contribution in [2.45, 2.75) is 26.8 Å². The first-order chi connectivity index (χ1) is 9.15. The molecule has 0 atom stereocenters. The molecular formula is C14H15ClN2O2. The van der Waals surface area contributed by atoms with Gasteiger partial charge in [0, 0.05) is 24.0 Å². The second-order valence-corrected chi connectivity index (χ2v) is 4.44. The van der Waals surface area contributed by atoms with Gasteiger partial charge in [-0.15, -0.1) is 0 Å². The summed E-state index contributed by atoms with van der Waals surface area (Å²) >= 11 is 6.04. The summed E-state index contributed by atoms with van der Waals surface area (Å²) < 4.78 is 7.09. The van der Waals surface area contributed by atoms with Gasteiger partial charge >= 0.3 is 5.56 Å². The van der Waals surface area contributed by atoms with Crippen molar-refractivity contribution < 1.29 is 4.74 Å². The summed E-state index contributed by atoms with van der Waals surface area (Å²) in [5, 5.41) is 0.696. The zero-order chi connectivity index (χ0) is 13.8. The van der Waals surface area contributed by atoms with Crippen molar-refractivity contribution in [3.05, 3.63) is 51.5 Å². The average molecular weight is 279 g/mol. The molecule has 2 rings (SSSR count). The van der Waals surface area contributed by atoms with Crippen LogP contribution >= 0.6 is 11.6 Å². The van der Waals surface area contributed by atoms with Crippen LogP contribution in [0.5, 0.6) is 11.6 Å². The molecule has 0 amide bonds. The second-order valence-electron chi connectivity index (χ2n) is 4.03. The highest BCUT2D eigenvalue weighted by Gasteiger charge is 2.08. The zero-order valence-corrected chi connectivity index (χ0v) is 11.6. The molecule has 0 N–H and O–H groups in total. The summed E-state index contributed by atoms with van der Waals surface area (Å²) in [6, 6.07) is 5.32. The third kappa shape index (κ3) is 2.96. The van der Waals surface area contributed by atoms with E-state index in [-0.39, 0.29) is 11.4 Å². The first-order valence-corrected chi connectivity index (χ1v) is 6.55. The van der Waals surface area contributed by atoms with E-state index in [9.17, 15) is 4.79 Å². The van der Waals surface area contributed by atoms with Crippen LogP contribution in [-0.2, 0) is 13.0 Å². The van der Waals surface area contributed by atoms with E-state index in [0.29, 0.717) is 17.3 Å². The van der Waals surface area contributed by atoms with E-state index in [1.807, 2.05) is 19.9 Å². The number of hydrogen-bond donors (Lipinski definition) is 0. The molecule has 0 aliphatic carbocycles. The third-order valence-corrected chi connectivity index (χ3v) is 3.20. The van der Waals surface area contributed by atoms with Crippen molar-refractivity contribution in [2.75, 3.05) is 0 Å². The molecule has 0 saturated carbocycles. The van der Waals surface area contributed by atoms with Gasteiger partial charge in [0.15, 0.2) is 0 Å². The smallest absolute Gasteiger partial charge is 0.313 e. The molecule has 1 aromatic heterocycles. The van der Waals surface area contributed by atoms with Gasteiger partial charge in [-0.3, -0.25) is 4.79 Å². The van der Waals surface area contributed by atoms with Gasteiger partial charge < -0.3 is 9.30 Å². The van der Waals surface area contributed by atoms with Gasteiger partial charge in [-0.1, -0.05) is 18.5 Å². The Bertz CT molecular complexity index is 638. The molecule has 100 valence electrons. The zero-order valence-electron chi connectivity index (χ0n) is 10.9. The highest BCUT2D eigenvalue weighted by molar-refractivity contribution is 6.31. The predicted octanol–water partition coefficient (Wildman–Crippen LogP) is 3.27. The minimum Gasteiger partial charge on any atom is -0.435 e. The maximum Gasteiger partial charge on any atom is 0.313 e. The van der Waals surface area contributed by atoms with Crippen LogP contribution in [-0.4, -0.2) is 9.55 Å². The third-order valence-electron chi connectivity index (χ3n) is 2.84. The fourth-order valence-corrected chi connectivity index (χ4v) is 1.99. The lowest BCUT2D eigenvalue weighted by Gasteiger charge is -2.08. The molecule has 0 aliphatic heterocycles. The molecule has 0 bridgehead atoms. The highest BCUT2D eigenvalue weighted by Crippen LogP contribution is 2.24. The lowest BCUT2D eigenvalue weighted by molar-refractivity contribution is 0.445. The van der Waals surface area contributed by atoms with Gasteiger partial charge in [-0.25, -0.2) is 4.98 Å². The molecule has 4 nitrogen and oxygen atoms in total. The van der Waals surface area contributed by atoms with Gasteiger partial charge in [-0.05, 0) is 37.1 Å². The highest BCUT2D eigenvalue weighted by atomic mass is 35.5. The molecule has 1 aromatic carbocycles. The van der Waals surface area contributed by atoms with Crippen molar-refractivity contribution in [3.8, 4) is 11.6 Å². The Morgan fingerprint density at radius 3 is 2.84 bits per heavy atom. The Morgan fingerprint density at radius 1 is 1.37 bits per heavy atom. The summed E-state index contributed by atoms with van der Waals surface area (Å²) in [7, 11) is 0. The van der Waals surface area contributed by atoms with Crippen LogP contribution in [0.1, 0.15) is 19.4 Å². The van der Waals surface area contributed by atoms with E-state index in [4.69, 9.17) is 16.3 Å². The van der Waals surface area contributed by atoms with Crippen LogP contribution in [0.25, 0.3) is 0 Å². The van der Waals surface area contributed by atoms with Crippen LogP contribution in [0.3, 0.4) is 0 Å². The number of ether oxygens (including phenoxy) is 1. The van der Waals surface area contributed by atoms with E-state index in [1.165, 1.54) is 0 Å². The molecule has 0 spiro atoms. The Balaban J connectivity index is 2.34. The molecule has 0 unspecified atom stereocenters. The molecule has 2 aromatic rings. The van der Waals surface area contributed by atoms with Crippen LogP contribution in [0.15, 0.2) is 35.4 Å². The predicted molar refractivity (Wildman–Crippen MR) is 75.1 cm³/mol. The fourth-order valence-electron chi connectivity index (χ4n) is 1.74. The summed E-state index contributed by atoms with van der Waals surface area (Å²) in [5.41, 5.74) is 0.740. The van der Waals surface area contributed by atoms with Gasteiger partial charge in [0.25, 0.3) is 5.88 Å². The van der Waals surface area contributed by atoms with E-state index in [0.717, 1.165) is 12.0 Å². The number of benzene rings is 1. The Morgan fingerprint density at radius 2 is 2.16 bits per heavy atom. The normalized spacial score (nSPS) is 10.5. The molecule has 0 fully saturated rings. The maximum atomic E-state index is 12.0. The Labute approximate surface area is 116 Å². The van der Waals surface area contributed by atoms with Crippen molar-refractivity contribution in [1.82, 2.24) is 9.55 Å². The Kier molecular flexibility index (Phi) is 4.22. The molecule has 0 saturated heterocycles. The topological polar surface area (TPSA) is 44.1 Å². The minimum atomic E-state index is -0.238. The number of halogens is 1. The SMILES string of the molecule is CCc1cc(Oc2nccn(CC)c2=O)ccc1Cl. The molecule has 1 heterocycles. The first kappa shape index (κ1) is 13.6. The molecule has 0 aliphatic rings. The monoisotopic (exact) mass is 278 g/mol. The standard InChI is InChI=1S/C14H15ClN2O2/c1-3-10-9-11(5-6-12(10)15)19-13-14(18)17(4-2)8-7-16-13/h5-9H,3-4H2,1-2H3. The van der Waals surface area contributed by atoms with Gasteiger partial charge in [0.05, 0.1) is 0 Å². The number of rotatable bonds is 4. The lowest BCUT2D eigenvalue weighted by atomic mass is 10.1. The van der Waals surface area contributed by atoms with Crippen LogP contribution in [0.4, 0.5) is 0 Å². The summed E-state index contributed by atoms with van der Waals surface area (Å²) in [5.74, 6) is 0.647. The summed E-state index contributed by atoms with van der Waals surface area (Å²) in [4.78, 5) is 15.9. The molecule has 5 heteroatoms. The number of aromatic nitrogens is 2. The van der Waals surface area contributed by atoms with Crippen LogP contribution < -0.4 is 10.3 Å². The molecule has 19 heavy (non-hydrogen) atoms. The second kappa shape index (κ2) is 5.89. The fraction of sp³-hybridized carbons (Fsp3) is 0.286. The van der Waals surface area contributed by atoms with Gasteiger partial charge in [0.2, 0.25) is 0 Å². The maximum absolute atomic E-state index is 12.0. The van der Waals surface area contributed by atoms with Crippen molar-refractivity contribution in [1.29, 1.82) is 0 Å². The van der Waals surface area contributed by atoms with E-state index in [2.05, 4.69) is 4.98 Å². The largest absolute Gasteiger partial charge is 0.435 e. The van der Waals surface area contributed by atoms with E-state index in [1.54, 1.807) is 29.1 Å². The lowest BCUT2D eigenvalue weighted by Crippen LogP contribution is -2.20. The first-order valence-electron chi connectivity index (χ1n) is 6.17. The number of aryl methyl sites for hydroxylation is 2.